The van der Waals surface area contributed by atoms with Crippen molar-refractivity contribution in [1.82, 2.24) is 0 Å². The summed E-state index contributed by atoms with van der Waals surface area (Å²) < 4.78 is 13.8. The Kier molecular flexibility index (Phi) is 6.90. The second-order valence-corrected chi connectivity index (χ2v) is 8.39. The van der Waals surface area contributed by atoms with E-state index < -0.39 is 11.7 Å². The summed E-state index contributed by atoms with van der Waals surface area (Å²) >= 11 is 1.39. The van der Waals surface area contributed by atoms with E-state index in [4.69, 9.17) is 0 Å². The number of hydrogen-bond acceptors (Lipinski definition) is 3. The molecule has 3 rings (SSSR count). The first-order chi connectivity index (χ1) is 14.3. The van der Waals surface area contributed by atoms with Crippen molar-refractivity contribution in [3.05, 3.63) is 89.2 Å². The molecule has 0 fully saturated rings. The summed E-state index contributed by atoms with van der Waals surface area (Å²) in [4.78, 5) is 25.8. The largest absolute Gasteiger partial charge is 0.325 e. The zero-order valence-corrected chi connectivity index (χ0v) is 17.8. The molecule has 154 valence electrons. The minimum Gasteiger partial charge on any atom is -0.325 e. The number of carbonyl (C=O) groups is 2. The molecule has 0 aromatic heterocycles. The number of halogens is 1. The van der Waals surface area contributed by atoms with Crippen LogP contribution in [-0.2, 0) is 4.79 Å². The van der Waals surface area contributed by atoms with Gasteiger partial charge in [-0.3, -0.25) is 9.59 Å². The van der Waals surface area contributed by atoms with Crippen LogP contribution in [0.5, 0.6) is 0 Å². The van der Waals surface area contributed by atoms with Gasteiger partial charge in [0.2, 0.25) is 5.91 Å². The molecule has 4 nitrogen and oxygen atoms in total. The maximum absolute atomic E-state index is 13.8. The van der Waals surface area contributed by atoms with E-state index in [9.17, 15) is 14.0 Å². The molecule has 0 bridgehead atoms. The number of aryl methyl sites for hydroxylation is 2. The SMILES string of the molecule is Cc1cccc(C)c1NC(=O)C(C)Sc1cccc(NC(=O)c2ccccc2F)c1. The number of nitrogens with one attached hydrogen (secondary N) is 2. The Hall–Kier alpha value is -3.12. The van der Waals surface area contributed by atoms with Crippen LogP contribution in [-0.4, -0.2) is 17.1 Å². The number of benzene rings is 3. The standard InChI is InChI=1S/C24H23FN2O2S/c1-15-8-6-9-16(2)22(15)27-23(28)17(3)30-19-11-7-10-18(14-19)26-24(29)20-12-4-5-13-21(20)25/h4-14,17H,1-3H3,(H,26,29)(H,27,28). The quantitative estimate of drug-likeness (QED) is 0.493. The van der Waals surface area contributed by atoms with Crippen LogP contribution in [0.2, 0.25) is 0 Å². The monoisotopic (exact) mass is 422 g/mol. The molecule has 30 heavy (non-hydrogen) atoms. The van der Waals surface area contributed by atoms with Crippen LogP contribution in [0.1, 0.15) is 28.4 Å². The number of thioether (sulfide) groups is 1. The summed E-state index contributed by atoms with van der Waals surface area (Å²) in [6, 6.07) is 18.9. The first-order valence-corrected chi connectivity index (χ1v) is 10.4. The molecule has 6 heteroatoms. The molecule has 0 saturated carbocycles. The van der Waals surface area contributed by atoms with E-state index >= 15 is 0 Å². The Morgan fingerprint density at radius 1 is 0.900 bits per heavy atom. The van der Waals surface area contributed by atoms with Gasteiger partial charge in [0, 0.05) is 16.3 Å². The summed E-state index contributed by atoms with van der Waals surface area (Å²) in [5, 5.41) is 5.36. The van der Waals surface area contributed by atoms with Crippen LogP contribution in [0.3, 0.4) is 0 Å². The summed E-state index contributed by atoms with van der Waals surface area (Å²) in [5.74, 6) is -1.19. The van der Waals surface area contributed by atoms with E-state index in [1.165, 1.54) is 30.0 Å². The van der Waals surface area contributed by atoms with Crippen molar-refractivity contribution < 1.29 is 14.0 Å². The highest BCUT2D eigenvalue weighted by Gasteiger charge is 2.17. The van der Waals surface area contributed by atoms with Crippen molar-refractivity contribution in [3.8, 4) is 0 Å². The molecule has 0 heterocycles. The Morgan fingerprint density at radius 2 is 1.57 bits per heavy atom. The molecule has 1 atom stereocenters. The molecule has 0 saturated heterocycles. The predicted molar refractivity (Wildman–Crippen MR) is 121 cm³/mol. The van der Waals surface area contributed by atoms with Gasteiger partial charge in [0.1, 0.15) is 5.82 Å². The fraction of sp³-hybridized carbons (Fsp3) is 0.167. The Balaban J connectivity index is 1.66. The molecular weight excluding hydrogens is 399 g/mol. The van der Waals surface area contributed by atoms with Crippen LogP contribution in [0.25, 0.3) is 0 Å². The second-order valence-electron chi connectivity index (χ2n) is 6.98. The maximum atomic E-state index is 13.8. The van der Waals surface area contributed by atoms with Gasteiger partial charge in [-0.1, -0.05) is 36.4 Å². The van der Waals surface area contributed by atoms with Gasteiger partial charge in [-0.05, 0) is 62.2 Å². The Morgan fingerprint density at radius 3 is 2.27 bits per heavy atom. The molecule has 0 aliphatic rings. The molecule has 0 aliphatic heterocycles. The zero-order valence-electron chi connectivity index (χ0n) is 17.0. The molecule has 0 aliphatic carbocycles. The zero-order chi connectivity index (χ0) is 21.7. The van der Waals surface area contributed by atoms with Crippen molar-refractivity contribution in [2.75, 3.05) is 10.6 Å². The molecule has 2 amide bonds. The van der Waals surface area contributed by atoms with Gasteiger partial charge in [0.05, 0.1) is 10.8 Å². The fourth-order valence-electron chi connectivity index (χ4n) is 2.99. The number of rotatable bonds is 6. The Bertz CT molecular complexity index is 1060. The van der Waals surface area contributed by atoms with Crippen molar-refractivity contribution in [2.24, 2.45) is 0 Å². The van der Waals surface area contributed by atoms with Gasteiger partial charge in [-0.15, -0.1) is 11.8 Å². The number of hydrogen-bond donors (Lipinski definition) is 2. The van der Waals surface area contributed by atoms with Gasteiger partial charge >= 0.3 is 0 Å². The normalized spacial score (nSPS) is 11.6. The topological polar surface area (TPSA) is 58.2 Å². The van der Waals surface area contributed by atoms with Gasteiger partial charge in [0.25, 0.3) is 5.91 Å². The first-order valence-electron chi connectivity index (χ1n) is 9.55. The second kappa shape index (κ2) is 9.59. The number of para-hydroxylation sites is 1. The third-order valence-corrected chi connectivity index (χ3v) is 5.72. The molecule has 3 aromatic rings. The Labute approximate surface area is 179 Å². The van der Waals surface area contributed by atoms with Crippen LogP contribution >= 0.6 is 11.8 Å². The van der Waals surface area contributed by atoms with E-state index in [0.29, 0.717) is 5.69 Å². The van der Waals surface area contributed by atoms with Crippen molar-refractivity contribution in [2.45, 2.75) is 30.9 Å². The highest BCUT2D eigenvalue weighted by atomic mass is 32.2. The summed E-state index contributed by atoms with van der Waals surface area (Å²) in [7, 11) is 0. The lowest BCUT2D eigenvalue weighted by Gasteiger charge is -2.16. The molecule has 2 N–H and O–H groups in total. The van der Waals surface area contributed by atoms with E-state index in [1.807, 2.05) is 45.0 Å². The van der Waals surface area contributed by atoms with Gasteiger partial charge in [-0.2, -0.15) is 0 Å². The lowest BCUT2D eigenvalue weighted by molar-refractivity contribution is -0.115. The summed E-state index contributed by atoms with van der Waals surface area (Å²) in [5.41, 5.74) is 3.38. The number of amides is 2. The molecule has 1 unspecified atom stereocenters. The van der Waals surface area contributed by atoms with Crippen LogP contribution in [0.15, 0.2) is 71.6 Å². The predicted octanol–water partition coefficient (Wildman–Crippen LogP) is 5.81. The molecule has 3 aromatic carbocycles. The third-order valence-electron chi connectivity index (χ3n) is 4.62. The minimum atomic E-state index is -0.572. The lowest BCUT2D eigenvalue weighted by Crippen LogP contribution is -2.23. The van der Waals surface area contributed by atoms with E-state index in [1.54, 1.807) is 24.3 Å². The average molecular weight is 423 g/mol. The fourth-order valence-corrected chi connectivity index (χ4v) is 3.91. The number of anilines is 2. The highest BCUT2D eigenvalue weighted by molar-refractivity contribution is 8.00. The van der Waals surface area contributed by atoms with E-state index in [2.05, 4.69) is 10.6 Å². The molecular formula is C24H23FN2O2S. The maximum Gasteiger partial charge on any atom is 0.258 e. The minimum absolute atomic E-state index is 0.0168. The van der Waals surface area contributed by atoms with Crippen LogP contribution in [0.4, 0.5) is 15.8 Å². The summed E-state index contributed by atoms with van der Waals surface area (Å²) in [6.07, 6.45) is 0. The number of carbonyl (C=O) groups excluding carboxylic acids is 2. The first kappa shape index (κ1) is 21.6. The van der Waals surface area contributed by atoms with Crippen molar-refractivity contribution >= 4 is 35.0 Å². The molecule has 0 spiro atoms. The molecule has 0 radical (unpaired) electrons. The smallest absolute Gasteiger partial charge is 0.258 e. The van der Waals surface area contributed by atoms with E-state index in [-0.39, 0.29) is 16.7 Å². The van der Waals surface area contributed by atoms with Crippen LogP contribution < -0.4 is 10.6 Å². The van der Waals surface area contributed by atoms with Crippen molar-refractivity contribution in [3.63, 3.8) is 0 Å². The van der Waals surface area contributed by atoms with Gasteiger partial charge in [-0.25, -0.2) is 4.39 Å². The van der Waals surface area contributed by atoms with Gasteiger partial charge in [0.15, 0.2) is 0 Å². The van der Waals surface area contributed by atoms with Crippen LogP contribution in [0, 0.1) is 19.7 Å². The van der Waals surface area contributed by atoms with Crippen molar-refractivity contribution in [1.29, 1.82) is 0 Å². The third kappa shape index (κ3) is 5.27. The van der Waals surface area contributed by atoms with Gasteiger partial charge < -0.3 is 10.6 Å². The lowest BCUT2D eigenvalue weighted by atomic mass is 10.1. The highest BCUT2D eigenvalue weighted by Crippen LogP contribution is 2.28. The van der Waals surface area contributed by atoms with E-state index in [0.717, 1.165) is 21.7 Å². The average Bonchev–Trinajstić information content (AvgIpc) is 2.71. The summed E-state index contributed by atoms with van der Waals surface area (Å²) in [6.45, 7) is 5.75.